The number of benzene rings is 2. The van der Waals surface area contributed by atoms with E-state index in [2.05, 4.69) is 39.5 Å². The summed E-state index contributed by atoms with van der Waals surface area (Å²) in [6, 6.07) is 20.2. The van der Waals surface area contributed by atoms with Gasteiger partial charge >= 0.3 is 0 Å². The molecule has 1 aliphatic rings. The Bertz CT molecular complexity index is 1030. The van der Waals surface area contributed by atoms with Gasteiger partial charge in [0.05, 0.1) is 12.2 Å². The zero-order valence-corrected chi connectivity index (χ0v) is 18.8. The highest BCUT2D eigenvalue weighted by Crippen LogP contribution is 2.25. The number of ether oxygens (including phenoxy) is 1. The van der Waals surface area contributed by atoms with E-state index in [-0.39, 0.29) is 11.8 Å². The van der Waals surface area contributed by atoms with Crippen molar-refractivity contribution in [2.24, 2.45) is 5.92 Å². The summed E-state index contributed by atoms with van der Waals surface area (Å²) >= 11 is 0. The summed E-state index contributed by atoms with van der Waals surface area (Å²) in [5.41, 5.74) is 4.37. The van der Waals surface area contributed by atoms with Crippen molar-refractivity contribution in [2.75, 3.05) is 31.1 Å². The second kappa shape index (κ2) is 10.3. The van der Waals surface area contributed by atoms with E-state index in [9.17, 15) is 4.79 Å². The first kappa shape index (κ1) is 21.8. The van der Waals surface area contributed by atoms with Crippen molar-refractivity contribution in [1.29, 1.82) is 0 Å². The molecule has 0 spiro atoms. The lowest BCUT2D eigenvalue weighted by Crippen LogP contribution is -2.41. The molecule has 1 N–H and O–H groups in total. The first-order chi connectivity index (χ1) is 15.6. The third-order valence-electron chi connectivity index (χ3n) is 5.95. The van der Waals surface area contributed by atoms with Gasteiger partial charge in [0, 0.05) is 24.6 Å². The molecule has 0 radical (unpaired) electrons. The van der Waals surface area contributed by atoms with E-state index in [4.69, 9.17) is 4.74 Å². The number of amides is 1. The predicted octanol–water partition coefficient (Wildman–Crippen LogP) is 4.17. The van der Waals surface area contributed by atoms with Crippen LogP contribution in [0.1, 0.15) is 24.0 Å². The molecule has 4 rings (SSSR count). The van der Waals surface area contributed by atoms with Gasteiger partial charge in [-0.2, -0.15) is 0 Å². The zero-order valence-electron chi connectivity index (χ0n) is 18.8. The molecule has 0 aliphatic carbocycles. The Morgan fingerprint density at radius 1 is 1.00 bits per heavy atom. The van der Waals surface area contributed by atoms with Crippen LogP contribution in [-0.2, 0) is 4.79 Å². The summed E-state index contributed by atoms with van der Waals surface area (Å²) < 4.78 is 5.68. The molecule has 1 saturated heterocycles. The minimum atomic E-state index is 0.0322. The van der Waals surface area contributed by atoms with Gasteiger partial charge in [0.1, 0.15) is 12.4 Å². The van der Waals surface area contributed by atoms with Gasteiger partial charge in [0.2, 0.25) is 5.91 Å². The number of hydrogen-bond acceptors (Lipinski definition) is 5. The molecule has 1 amide bonds. The molecule has 6 nitrogen and oxygen atoms in total. The standard InChI is InChI=1S/C26H30N4O2/c1-19-7-9-22(10-8-19)32-18-15-27-26(31)21-13-16-30(17-14-21)25-12-11-24(28-29-25)23-6-4-3-5-20(23)2/h3-12,21H,13-18H2,1-2H3,(H,27,31). The number of anilines is 1. The van der Waals surface area contributed by atoms with E-state index in [1.807, 2.05) is 55.5 Å². The van der Waals surface area contributed by atoms with E-state index in [1.165, 1.54) is 11.1 Å². The van der Waals surface area contributed by atoms with Crippen molar-refractivity contribution in [2.45, 2.75) is 26.7 Å². The summed E-state index contributed by atoms with van der Waals surface area (Å²) in [7, 11) is 0. The Balaban J connectivity index is 1.22. The predicted molar refractivity (Wildman–Crippen MR) is 127 cm³/mol. The number of piperidine rings is 1. The molecule has 0 atom stereocenters. The van der Waals surface area contributed by atoms with Crippen LogP contribution in [0.15, 0.2) is 60.7 Å². The maximum absolute atomic E-state index is 12.5. The SMILES string of the molecule is Cc1ccc(OCCNC(=O)C2CCN(c3ccc(-c4ccccc4C)nn3)CC2)cc1. The topological polar surface area (TPSA) is 67.3 Å². The molecule has 166 valence electrons. The number of rotatable bonds is 7. The molecule has 0 saturated carbocycles. The smallest absolute Gasteiger partial charge is 0.223 e. The number of aromatic nitrogens is 2. The van der Waals surface area contributed by atoms with Gasteiger partial charge in [-0.15, -0.1) is 10.2 Å². The molecule has 1 fully saturated rings. The molecule has 2 heterocycles. The van der Waals surface area contributed by atoms with Gasteiger partial charge in [0.15, 0.2) is 5.82 Å². The van der Waals surface area contributed by atoms with E-state index in [1.54, 1.807) is 0 Å². The second-order valence-corrected chi connectivity index (χ2v) is 8.31. The van der Waals surface area contributed by atoms with Gasteiger partial charge in [-0.25, -0.2) is 0 Å². The van der Waals surface area contributed by atoms with Crippen LogP contribution in [0.5, 0.6) is 5.75 Å². The summed E-state index contributed by atoms with van der Waals surface area (Å²) in [5, 5.41) is 11.9. The number of aryl methyl sites for hydroxylation is 2. The van der Waals surface area contributed by atoms with Crippen molar-refractivity contribution in [3.63, 3.8) is 0 Å². The highest BCUT2D eigenvalue weighted by atomic mass is 16.5. The average molecular weight is 431 g/mol. The Morgan fingerprint density at radius 2 is 1.75 bits per heavy atom. The first-order valence-electron chi connectivity index (χ1n) is 11.2. The molecule has 3 aromatic rings. The van der Waals surface area contributed by atoms with E-state index < -0.39 is 0 Å². The fourth-order valence-corrected chi connectivity index (χ4v) is 3.99. The summed E-state index contributed by atoms with van der Waals surface area (Å²) in [6.45, 7) is 6.71. The number of nitrogens with zero attached hydrogens (tertiary/aromatic N) is 3. The van der Waals surface area contributed by atoms with Crippen molar-refractivity contribution in [3.8, 4) is 17.0 Å². The van der Waals surface area contributed by atoms with Gasteiger partial charge in [-0.05, 0) is 56.5 Å². The molecule has 1 aliphatic heterocycles. The molecular formula is C26H30N4O2. The second-order valence-electron chi connectivity index (χ2n) is 8.31. The van der Waals surface area contributed by atoms with Gasteiger partial charge < -0.3 is 15.0 Å². The van der Waals surface area contributed by atoms with Crippen LogP contribution < -0.4 is 15.0 Å². The summed E-state index contributed by atoms with van der Waals surface area (Å²) in [4.78, 5) is 14.7. The summed E-state index contributed by atoms with van der Waals surface area (Å²) in [6.07, 6.45) is 1.62. The van der Waals surface area contributed by atoms with Gasteiger partial charge in [-0.1, -0.05) is 42.0 Å². The molecule has 32 heavy (non-hydrogen) atoms. The Kier molecular flexibility index (Phi) is 7.00. The first-order valence-corrected chi connectivity index (χ1v) is 11.2. The van der Waals surface area contributed by atoms with E-state index >= 15 is 0 Å². The van der Waals surface area contributed by atoms with Gasteiger partial charge in [-0.3, -0.25) is 4.79 Å². The monoisotopic (exact) mass is 430 g/mol. The van der Waals surface area contributed by atoms with Crippen LogP contribution in [0.2, 0.25) is 0 Å². The molecular weight excluding hydrogens is 400 g/mol. The molecule has 6 heteroatoms. The third kappa shape index (κ3) is 5.44. The molecule has 2 aromatic carbocycles. The van der Waals surface area contributed by atoms with Crippen LogP contribution in [0, 0.1) is 19.8 Å². The molecule has 1 aromatic heterocycles. The lowest BCUT2D eigenvalue weighted by Gasteiger charge is -2.31. The number of hydrogen-bond donors (Lipinski definition) is 1. The third-order valence-corrected chi connectivity index (χ3v) is 5.95. The highest BCUT2D eigenvalue weighted by molar-refractivity contribution is 5.79. The minimum Gasteiger partial charge on any atom is -0.492 e. The van der Waals surface area contributed by atoms with Crippen LogP contribution in [0.3, 0.4) is 0 Å². The molecule has 0 bridgehead atoms. The maximum Gasteiger partial charge on any atom is 0.223 e. The lowest BCUT2D eigenvalue weighted by atomic mass is 9.96. The minimum absolute atomic E-state index is 0.0322. The average Bonchev–Trinajstić information content (AvgIpc) is 2.83. The number of nitrogens with one attached hydrogen (secondary N) is 1. The van der Waals surface area contributed by atoms with Crippen LogP contribution >= 0.6 is 0 Å². The fraction of sp³-hybridized carbons (Fsp3) is 0.346. The molecule has 0 unspecified atom stereocenters. The van der Waals surface area contributed by atoms with Crippen molar-refractivity contribution >= 4 is 11.7 Å². The van der Waals surface area contributed by atoms with Crippen LogP contribution in [-0.4, -0.2) is 42.3 Å². The zero-order chi connectivity index (χ0) is 22.3. The maximum atomic E-state index is 12.5. The quantitative estimate of drug-likeness (QED) is 0.570. The highest BCUT2D eigenvalue weighted by Gasteiger charge is 2.25. The van der Waals surface area contributed by atoms with Gasteiger partial charge in [0.25, 0.3) is 0 Å². The summed E-state index contributed by atoms with van der Waals surface area (Å²) in [5.74, 6) is 1.84. The van der Waals surface area contributed by atoms with Crippen molar-refractivity contribution in [1.82, 2.24) is 15.5 Å². The van der Waals surface area contributed by atoms with Crippen LogP contribution in [0.25, 0.3) is 11.3 Å². The van der Waals surface area contributed by atoms with E-state index in [0.717, 1.165) is 48.8 Å². The lowest BCUT2D eigenvalue weighted by molar-refractivity contribution is -0.125. The number of carbonyl (C=O) groups is 1. The Labute approximate surface area is 189 Å². The fourth-order valence-electron chi connectivity index (χ4n) is 3.99. The number of carbonyl (C=O) groups excluding carboxylic acids is 1. The van der Waals surface area contributed by atoms with Crippen molar-refractivity contribution in [3.05, 3.63) is 71.8 Å². The largest absolute Gasteiger partial charge is 0.492 e. The Morgan fingerprint density at radius 3 is 2.44 bits per heavy atom. The van der Waals surface area contributed by atoms with Crippen LogP contribution in [0.4, 0.5) is 5.82 Å². The Hall–Kier alpha value is -3.41. The normalized spacial score (nSPS) is 14.2. The van der Waals surface area contributed by atoms with Crippen molar-refractivity contribution < 1.29 is 9.53 Å². The van der Waals surface area contributed by atoms with E-state index in [0.29, 0.717) is 13.2 Å².